The van der Waals surface area contributed by atoms with E-state index in [-0.39, 0.29) is 5.82 Å². The van der Waals surface area contributed by atoms with E-state index in [1.807, 2.05) is 0 Å². The molecular weight excluding hydrogens is 265 g/mol. The number of halogens is 1. The lowest BCUT2D eigenvalue weighted by molar-refractivity contribution is 0.627. The Hall–Kier alpha value is -1.97. The second-order valence-electron chi connectivity index (χ2n) is 5.50. The van der Waals surface area contributed by atoms with Crippen LogP contribution in [0, 0.1) is 5.82 Å². The summed E-state index contributed by atoms with van der Waals surface area (Å²) in [4.78, 5) is 9.38. The second-order valence-corrected chi connectivity index (χ2v) is 5.50. The zero-order valence-electron chi connectivity index (χ0n) is 12.3. The van der Waals surface area contributed by atoms with E-state index in [0.717, 1.165) is 49.4 Å². The van der Waals surface area contributed by atoms with Crippen LogP contribution >= 0.6 is 0 Å². The molecule has 1 N–H and O–H groups in total. The average Bonchev–Trinajstić information content (AvgIpc) is 2.95. The Labute approximate surface area is 124 Å². The van der Waals surface area contributed by atoms with Gasteiger partial charge in [-0.25, -0.2) is 14.4 Å². The molecule has 4 heteroatoms. The van der Waals surface area contributed by atoms with Crippen molar-refractivity contribution in [3.8, 4) is 0 Å². The van der Waals surface area contributed by atoms with E-state index in [2.05, 4.69) is 17.2 Å². The Morgan fingerprint density at radius 1 is 1.14 bits per heavy atom. The highest BCUT2D eigenvalue weighted by molar-refractivity contribution is 5.49. The fourth-order valence-electron chi connectivity index (χ4n) is 2.74. The van der Waals surface area contributed by atoms with Gasteiger partial charge in [-0.15, -0.1) is 0 Å². The maximum atomic E-state index is 13.0. The number of benzene rings is 1. The first kappa shape index (κ1) is 14.0. The van der Waals surface area contributed by atoms with Gasteiger partial charge in [0.25, 0.3) is 0 Å². The van der Waals surface area contributed by atoms with Crippen molar-refractivity contribution < 1.29 is 4.39 Å². The van der Waals surface area contributed by atoms with Gasteiger partial charge in [0, 0.05) is 24.2 Å². The zero-order chi connectivity index (χ0) is 14.7. The molecular formula is C17H20FN3. The summed E-state index contributed by atoms with van der Waals surface area (Å²) in [6, 6.07) is 6.56. The average molecular weight is 285 g/mol. The van der Waals surface area contributed by atoms with E-state index >= 15 is 0 Å². The summed E-state index contributed by atoms with van der Waals surface area (Å²) >= 11 is 0. The van der Waals surface area contributed by atoms with Crippen LogP contribution in [0.3, 0.4) is 0 Å². The topological polar surface area (TPSA) is 37.8 Å². The normalized spacial score (nSPS) is 13.2. The minimum absolute atomic E-state index is 0.209. The van der Waals surface area contributed by atoms with Gasteiger partial charge in [0.2, 0.25) is 0 Å². The minimum atomic E-state index is -0.209. The minimum Gasteiger partial charge on any atom is -0.370 e. The van der Waals surface area contributed by atoms with Crippen molar-refractivity contribution in [1.29, 1.82) is 0 Å². The van der Waals surface area contributed by atoms with Gasteiger partial charge in [0.1, 0.15) is 17.5 Å². The number of nitrogens with zero attached hydrogens (tertiary/aromatic N) is 2. The summed E-state index contributed by atoms with van der Waals surface area (Å²) < 4.78 is 13.0. The van der Waals surface area contributed by atoms with E-state index in [1.165, 1.54) is 23.4 Å². The fourth-order valence-corrected chi connectivity index (χ4v) is 2.74. The molecule has 0 atom stereocenters. The Kier molecular flexibility index (Phi) is 4.13. The third-order valence-corrected chi connectivity index (χ3v) is 3.80. The van der Waals surface area contributed by atoms with Crippen LogP contribution in [0.2, 0.25) is 0 Å². The van der Waals surface area contributed by atoms with Crippen LogP contribution in [0.25, 0.3) is 0 Å². The summed E-state index contributed by atoms with van der Waals surface area (Å²) in [5.41, 5.74) is 3.50. The van der Waals surface area contributed by atoms with Crippen molar-refractivity contribution >= 4 is 5.82 Å². The van der Waals surface area contributed by atoms with Crippen LogP contribution in [0.4, 0.5) is 10.2 Å². The van der Waals surface area contributed by atoms with E-state index in [0.29, 0.717) is 6.42 Å². The third kappa shape index (κ3) is 3.20. The van der Waals surface area contributed by atoms with Gasteiger partial charge in [-0.05, 0) is 43.4 Å². The lowest BCUT2D eigenvalue weighted by atomic mass is 10.1. The molecule has 1 aliphatic carbocycles. The Morgan fingerprint density at radius 2 is 1.95 bits per heavy atom. The standard InChI is InChI=1S/C17H20FN3/c1-2-10-19-17-14-4-3-5-15(14)20-16(21-17)11-12-6-8-13(18)9-7-12/h6-9H,2-5,10-11H2,1H3,(H,19,20,21). The number of hydrogen-bond donors (Lipinski definition) is 1. The molecule has 3 nitrogen and oxygen atoms in total. The monoisotopic (exact) mass is 285 g/mol. The van der Waals surface area contributed by atoms with Gasteiger partial charge >= 0.3 is 0 Å². The molecule has 0 bridgehead atoms. The highest BCUT2D eigenvalue weighted by Gasteiger charge is 2.19. The molecule has 1 heterocycles. The van der Waals surface area contributed by atoms with Crippen LogP contribution in [0.5, 0.6) is 0 Å². The fraction of sp³-hybridized carbons (Fsp3) is 0.412. The molecule has 0 spiro atoms. The largest absolute Gasteiger partial charge is 0.370 e. The molecule has 0 unspecified atom stereocenters. The molecule has 2 aromatic rings. The SMILES string of the molecule is CCCNc1nc(Cc2ccc(F)cc2)nc2c1CCC2. The summed E-state index contributed by atoms with van der Waals surface area (Å²) in [7, 11) is 0. The smallest absolute Gasteiger partial charge is 0.135 e. The summed E-state index contributed by atoms with van der Waals surface area (Å²) in [5.74, 6) is 1.61. The molecule has 0 saturated heterocycles. The van der Waals surface area contributed by atoms with Gasteiger partial charge in [-0.3, -0.25) is 0 Å². The Morgan fingerprint density at radius 3 is 2.71 bits per heavy atom. The van der Waals surface area contributed by atoms with E-state index in [4.69, 9.17) is 4.98 Å². The molecule has 110 valence electrons. The number of anilines is 1. The number of fused-ring (bicyclic) bond motifs is 1. The molecule has 0 radical (unpaired) electrons. The predicted molar refractivity (Wildman–Crippen MR) is 82.0 cm³/mol. The van der Waals surface area contributed by atoms with E-state index < -0.39 is 0 Å². The van der Waals surface area contributed by atoms with Gasteiger partial charge in [-0.1, -0.05) is 19.1 Å². The number of aromatic nitrogens is 2. The van der Waals surface area contributed by atoms with Crippen LogP contribution in [-0.4, -0.2) is 16.5 Å². The van der Waals surface area contributed by atoms with Crippen LogP contribution in [-0.2, 0) is 19.3 Å². The van der Waals surface area contributed by atoms with Crippen molar-refractivity contribution in [2.24, 2.45) is 0 Å². The molecule has 0 aliphatic heterocycles. The zero-order valence-corrected chi connectivity index (χ0v) is 12.3. The molecule has 0 saturated carbocycles. The van der Waals surface area contributed by atoms with Crippen molar-refractivity contribution in [3.05, 3.63) is 52.7 Å². The quantitative estimate of drug-likeness (QED) is 0.913. The van der Waals surface area contributed by atoms with Gasteiger partial charge in [0.15, 0.2) is 0 Å². The van der Waals surface area contributed by atoms with Gasteiger partial charge in [-0.2, -0.15) is 0 Å². The Balaban J connectivity index is 1.86. The van der Waals surface area contributed by atoms with Crippen molar-refractivity contribution in [3.63, 3.8) is 0 Å². The van der Waals surface area contributed by atoms with Gasteiger partial charge < -0.3 is 5.32 Å². The van der Waals surface area contributed by atoms with Crippen LogP contribution < -0.4 is 5.32 Å². The maximum absolute atomic E-state index is 13.0. The molecule has 0 fully saturated rings. The predicted octanol–water partition coefficient (Wildman–Crippen LogP) is 3.52. The van der Waals surface area contributed by atoms with Crippen molar-refractivity contribution in [1.82, 2.24) is 9.97 Å². The lowest BCUT2D eigenvalue weighted by Gasteiger charge is -2.11. The van der Waals surface area contributed by atoms with Crippen molar-refractivity contribution in [2.75, 3.05) is 11.9 Å². The summed E-state index contributed by atoms with van der Waals surface area (Å²) in [6.45, 7) is 3.08. The number of nitrogens with one attached hydrogen (secondary N) is 1. The third-order valence-electron chi connectivity index (χ3n) is 3.80. The molecule has 1 aromatic heterocycles. The maximum Gasteiger partial charge on any atom is 0.135 e. The highest BCUT2D eigenvalue weighted by atomic mass is 19.1. The lowest BCUT2D eigenvalue weighted by Crippen LogP contribution is -2.10. The first-order valence-corrected chi connectivity index (χ1v) is 7.63. The summed E-state index contributed by atoms with van der Waals surface area (Å²) in [6.07, 6.45) is 4.98. The van der Waals surface area contributed by atoms with Crippen LogP contribution in [0.1, 0.15) is 42.4 Å². The first-order chi connectivity index (χ1) is 10.3. The molecule has 1 aromatic carbocycles. The number of rotatable bonds is 5. The number of hydrogen-bond acceptors (Lipinski definition) is 3. The Bertz CT molecular complexity index is 623. The molecule has 0 amide bonds. The van der Waals surface area contributed by atoms with Gasteiger partial charge in [0.05, 0.1) is 0 Å². The number of aryl methyl sites for hydroxylation is 1. The van der Waals surface area contributed by atoms with E-state index in [1.54, 1.807) is 12.1 Å². The first-order valence-electron chi connectivity index (χ1n) is 7.63. The molecule has 1 aliphatic rings. The summed E-state index contributed by atoms with van der Waals surface area (Å²) in [5, 5.41) is 3.42. The van der Waals surface area contributed by atoms with E-state index in [9.17, 15) is 4.39 Å². The second kappa shape index (κ2) is 6.20. The molecule has 3 rings (SSSR count). The van der Waals surface area contributed by atoms with Crippen LogP contribution in [0.15, 0.2) is 24.3 Å². The molecule has 21 heavy (non-hydrogen) atoms. The van der Waals surface area contributed by atoms with Crippen molar-refractivity contribution in [2.45, 2.75) is 39.0 Å². The highest BCUT2D eigenvalue weighted by Crippen LogP contribution is 2.26.